The molecule has 7 heteroatoms. The third-order valence-corrected chi connectivity index (χ3v) is 6.51. The normalized spacial score (nSPS) is 12.1. The van der Waals surface area contributed by atoms with Gasteiger partial charge in [-0.3, -0.25) is 0 Å². The Morgan fingerprint density at radius 2 is 1.18 bits per heavy atom. The first-order valence-electron chi connectivity index (χ1n) is 13.8. The van der Waals surface area contributed by atoms with Gasteiger partial charge in [0.2, 0.25) is 0 Å². The van der Waals surface area contributed by atoms with Gasteiger partial charge in [-0.1, -0.05) is 110 Å². The first-order chi connectivity index (χ1) is 16.4. The van der Waals surface area contributed by atoms with Gasteiger partial charge >= 0.3 is 55.1 Å². The van der Waals surface area contributed by atoms with Crippen LogP contribution >= 0.6 is 7.92 Å². The maximum absolute atomic E-state index is 9.98. The van der Waals surface area contributed by atoms with Crippen molar-refractivity contribution in [3.8, 4) is 5.75 Å². The number of likely N-dealkylation sites (N-methyl/N-ethyl adjacent to an activating group) is 1. The number of hydrogen-bond donors (Lipinski definition) is 3. The number of hydrogen-bond acceptors (Lipinski definition) is 5. The Kier molecular flexibility index (Phi) is 30.7. The van der Waals surface area contributed by atoms with E-state index in [1.54, 1.807) is 0 Å². The third kappa shape index (κ3) is 31.8. The van der Waals surface area contributed by atoms with Gasteiger partial charge in [-0.25, -0.2) is 0 Å². The summed E-state index contributed by atoms with van der Waals surface area (Å²) in [5, 5.41) is 26.3. The average molecular weight is 507 g/mol. The number of nitrogens with zero attached hydrogens (tertiary/aromatic N) is 1. The van der Waals surface area contributed by atoms with Crippen molar-refractivity contribution in [1.29, 1.82) is 0 Å². The molecular weight excluding hydrogens is 449 g/mol. The molecule has 0 radical (unpaired) electrons. The molecule has 0 rings (SSSR count). The zero-order valence-electron chi connectivity index (χ0n) is 22.7. The zero-order valence-corrected chi connectivity index (χ0v) is 23.6. The van der Waals surface area contributed by atoms with Crippen LogP contribution in [0.3, 0.4) is 0 Å². The number of ether oxygens (including phenoxy) is 1. The molecule has 0 saturated heterocycles. The molecule has 0 bridgehead atoms. The first-order valence-corrected chi connectivity index (χ1v) is 14.6. The molecule has 0 fully saturated rings. The van der Waals surface area contributed by atoms with Crippen LogP contribution in [0.4, 0.5) is 0 Å². The maximum atomic E-state index is 9.98. The van der Waals surface area contributed by atoms with E-state index < -0.39 is 6.10 Å². The van der Waals surface area contributed by atoms with Crippen molar-refractivity contribution in [1.82, 2.24) is 0 Å². The van der Waals surface area contributed by atoms with Gasteiger partial charge < -0.3 is 14.9 Å². The van der Waals surface area contributed by atoms with Crippen LogP contribution in [0.1, 0.15) is 116 Å². The van der Waals surface area contributed by atoms with Crippen LogP contribution in [0.25, 0.3) is 0 Å². The van der Waals surface area contributed by atoms with E-state index in [-0.39, 0.29) is 27.7 Å². The Morgan fingerprint density at radius 1 is 0.765 bits per heavy atom. The fourth-order valence-corrected chi connectivity index (χ4v) is 3.93. The number of aliphatic hydroxyl groups is 3. The summed E-state index contributed by atoms with van der Waals surface area (Å²) in [6, 6.07) is 0. The van der Waals surface area contributed by atoms with E-state index in [1.165, 1.54) is 103 Å². The van der Waals surface area contributed by atoms with Crippen molar-refractivity contribution in [3.05, 3.63) is 0 Å². The molecule has 204 valence electrons. The number of quaternary nitrogens is 1. The van der Waals surface area contributed by atoms with E-state index in [0.29, 0.717) is 17.6 Å². The van der Waals surface area contributed by atoms with Crippen LogP contribution in [-0.2, 0) is 9.30 Å². The number of rotatable bonds is 23. The second-order valence-electron chi connectivity index (χ2n) is 9.89. The van der Waals surface area contributed by atoms with E-state index in [2.05, 4.69) is 12.7 Å². The molecule has 0 aromatic rings. The standard InChI is InChI=1S/C22H46O3.C5H11NO2P/c1-2-3-4-5-6-7-8-9-10-11-12-13-14-15-16-17-18-19-25-21-22(24)20-23;1-6(2,3-4-7)5-9-8/h22-24H,2-21H2,1H3;7H,3-4H2,1-2H3/q;+1. The van der Waals surface area contributed by atoms with Crippen LogP contribution in [0.5, 0.6) is 0 Å². The number of unbranched alkanes of at least 4 members (excludes halogenated alkanes) is 16. The van der Waals surface area contributed by atoms with Gasteiger partial charge in [0.25, 0.3) is 0 Å². The summed E-state index contributed by atoms with van der Waals surface area (Å²) >= 11 is 0. The summed E-state index contributed by atoms with van der Waals surface area (Å²) in [5.41, 5.74) is 0. The van der Waals surface area contributed by atoms with Crippen LogP contribution in [-0.4, -0.2) is 73.0 Å². The number of aliphatic hydroxyl groups excluding tert-OH is 3. The molecule has 0 saturated carbocycles. The molecule has 0 amide bonds. The molecule has 3 N–H and O–H groups in total. The van der Waals surface area contributed by atoms with Crippen LogP contribution < -0.4 is 0 Å². The fraction of sp³-hybridized carbons (Fsp3) is 0.963. The van der Waals surface area contributed by atoms with Crippen molar-refractivity contribution < 1.29 is 29.1 Å². The second kappa shape index (κ2) is 29.0. The molecule has 0 aliphatic rings. The summed E-state index contributed by atoms with van der Waals surface area (Å²) in [5.74, 6) is 2.62. The summed E-state index contributed by atoms with van der Waals surface area (Å²) < 4.78 is 15.6. The average Bonchev–Trinajstić information content (AvgIpc) is 2.80. The van der Waals surface area contributed by atoms with Gasteiger partial charge in [0.05, 0.1) is 13.2 Å². The molecule has 0 aromatic carbocycles. The van der Waals surface area contributed by atoms with E-state index in [9.17, 15) is 4.57 Å². The summed E-state index contributed by atoms with van der Waals surface area (Å²) in [4.78, 5) is 0. The van der Waals surface area contributed by atoms with Crippen molar-refractivity contribution >= 4 is 7.92 Å². The molecule has 1 atom stereocenters. The summed E-state index contributed by atoms with van der Waals surface area (Å²) in [6.45, 7) is 3.68. The molecule has 0 heterocycles. The van der Waals surface area contributed by atoms with Crippen LogP contribution in [0, 0.1) is 5.75 Å². The first kappa shape index (κ1) is 36.0. The zero-order chi connectivity index (χ0) is 25.8. The quantitative estimate of drug-likeness (QED) is 0.0863. The fourth-order valence-electron chi connectivity index (χ4n) is 3.61. The predicted octanol–water partition coefficient (Wildman–Crippen LogP) is 6.27. The summed E-state index contributed by atoms with van der Waals surface area (Å²) in [6.07, 6.45) is 22.7. The SMILES string of the molecule is CCCCCCCCCCCCCCCCCCCOCC(O)CO.C[N+](C)(C#P=O)CCO. The van der Waals surface area contributed by atoms with Crippen molar-refractivity contribution in [2.45, 2.75) is 122 Å². The topological polar surface area (TPSA) is 87.0 Å². The van der Waals surface area contributed by atoms with Gasteiger partial charge in [-0.05, 0) is 6.42 Å². The van der Waals surface area contributed by atoms with Gasteiger partial charge in [-0.2, -0.15) is 0 Å². The monoisotopic (exact) mass is 506 g/mol. The Labute approximate surface area is 212 Å². The summed E-state index contributed by atoms with van der Waals surface area (Å²) in [7, 11) is 3.54. The minimum atomic E-state index is -0.717. The third-order valence-electron chi connectivity index (χ3n) is 5.88. The van der Waals surface area contributed by atoms with E-state index in [0.717, 1.165) is 6.42 Å². The Hall–Kier alpha value is -0.190. The second-order valence-corrected chi connectivity index (χ2v) is 10.3. The van der Waals surface area contributed by atoms with Gasteiger partial charge in [0.1, 0.15) is 6.10 Å². The Morgan fingerprint density at radius 3 is 1.53 bits per heavy atom. The van der Waals surface area contributed by atoms with Crippen molar-refractivity contribution in [3.63, 3.8) is 0 Å². The molecule has 0 aliphatic heterocycles. The molecule has 6 nitrogen and oxygen atoms in total. The van der Waals surface area contributed by atoms with Gasteiger partial charge in [0, 0.05) is 6.61 Å². The Bertz CT molecular complexity index is 498. The van der Waals surface area contributed by atoms with E-state index in [4.69, 9.17) is 20.1 Å². The molecule has 1 unspecified atom stereocenters. The molecule has 0 aromatic heterocycles. The van der Waals surface area contributed by atoms with Crippen LogP contribution in [0.2, 0.25) is 0 Å². The minimum absolute atomic E-state index is 0.0928. The molecule has 0 spiro atoms. The molecular formula is C27H57NO5P+. The molecule has 34 heavy (non-hydrogen) atoms. The van der Waals surface area contributed by atoms with Gasteiger partial charge in [0.15, 0.2) is 0 Å². The van der Waals surface area contributed by atoms with Crippen LogP contribution in [0.15, 0.2) is 0 Å². The van der Waals surface area contributed by atoms with Crippen molar-refractivity contribution in [2.24, 2.45) is 0 Å². The van der Waals surface area contributed by atoms with Crippen molar-refractivity contribution in [2.75, 3.05) is 47.1 Å². The van der Waals surface area contributed by atoms with Gasteiger partial charge in [-0.15, -0.1) is 0 Å². The van der Waals surface area contributed by atoms with E-state index >= 15 is 0 Å². The van der Waals surface area contributed by atoms with E-state index in [1.807, 2.05) is 14.1 Å². The Balaban J connectivity index is 0. The molecule has 0 aliphatic carbocycles. The predicted molar refractivity (Wildman–Crippen MR) is 144 cm³/mol.